The number of rotatable bonds is 48. The highest BCUT2D eigenvalue weighted by atomic mass is 31.2. The molecule has 0 heterocycles. The molecule has 1 amide bonds. The van der Waals surface area contributed by atoms with Gasteiger partial charge in [0.1, 0.15) is 13.2 Å². The summed E-state index contributed by atoms with van der Waals surface area (Å²) in [4.78, 5) is 25.5. The predicted octanol–water partition coefficient (Wildman–Crippen LogP) is 16.0. The lowest BCUT2D eigenvalue weighted by Crippen LogP contribution is -2.45. The Balaban J connectivity index is 4.42. The molecule has 0 saturated heterocycles. The summed E-state index contributed by atoms with van der Waals surface area (Å²) in [6.45, 7) is 4.47. The van der Waals surface area contributed by atoms with Crippen molar-refractivity contribution in [1.29, 1.82) is 0 Å². The van der Waals surface area contributed by atoms with Crippen molar-refractivity contribution in [2.45, 2.75) is 212 Å². The molecule has 0 fully saturated rings. The third kappa shape index (κ3) is 52.6. The van der Waals surface area contributed by atoms with E-state index in [-0.39, 0.29) is 12.5 Å². The van der Waals surface area contributed by atoms with Crippen LogP contribution in [0.5, 0.6) is 0 Å². The van der Waals surface area contributed by atoms with E-state index in [2.05, 4.69) is 129 Å². The fourth-order valence-corrected chi connectivity index (χ4v) is 7.83. The monoisotopic (exact) mass is 979 g/mol. The van der Waals surface area contributed by atoms with Crippen molar-refractivity contribution in [3.63, 3.8) is 0 Å². The Morgan fingerprint density at radius 2 is 0.899 bits per heavy atom. The van der Waals surface area contributed by atoms with Gasteiger partial charge in [-0.2, -0.15) is 0 Å². The predicted molar refractivity (Wildman–Crippen MR) is 297 cm³/mol. The summed E-state index contributed by atoms with van der Waals surface area (Å²) < 4.78 is 23.3. The van der Waals surface area contributed by atoms with Crippen molar-refractivity contribution in [3.05, 3.63) is 122 Å². The lowest BCUT2D eigenvalue weighted by atomic mass is 10.1. The van der Waals surface area contributed by atoms with E-state index in [9.17, 15) is 19.4 Å². The van der Waals surface area contributed by atoms with E-state index in [4.69, 9.17) is 9.05 Å². The number of quaternary nitrogens is 1. The first-order valence-electron chi connectivity index (χ1n) is 27.4. The van der Waals surface area contributed by atoms with Crippen LogP contribution in [0.25, 0.3) is 0 Å². The molecule has 0 aliphatic heterocycles. The first-order valence-corrected chi connectivity index (χ1v) is 28.9. The molecule has 69 heavy (non-hydrogen) atoms. The Labute approximate surface area is 424 Å². The number of hydrogen-bond donors (Lipinski definition) is 2. The largest absolute Gasteiger partial charge is 0.756 e. The number of carbonyl (C=O) groups excluding carboxylic acids is 1. The molecule has 0 spiro atoms. The summed E-state index contributed by atoms with van der Waals surface area (Å²) in [7, 11) is 1.20. The number of carbonyl (C=O) groups is 1. The Bertz CT molecular complexity index is 1530. The highest BCUT2D eigenvalue weighted by Gasteiger charge is 2.23. The Morgan fingerprint density at radius 1 is 0.522 bits per heavy atom. The van der Waals surface area contributed by atoms with Gasteiger partial charge in [-0.05, 0) is 103 Å². The number of nitrogens with zero attached hydrogens (tertiary/aromatic N) is 1. The number of phosphoric ester groups is 1. The van der Waals surface area contributed by atoms with Crippen LogP contribution in [0.4, 0.5) is 0 Å². The molecule has 3 unspecified atom stereocenters. The van der Waals surface area contributed by atoms with Crippen molar-refractivity contribution >= 4 is 13.7 Å². The molecule has 0 aliphatic carbocycles. The second-order valence-corrected chi connectivity index (χ2v) is 20.6. The summed E-state index contributed by atoms with van der Waals surface area (Å²) in [5.74, 6) is -0.236. The third-order valence-corrected chi connectivity index (χ3v) is 12.3. The van der Waals surface area contributed by atoms with Gasteiger partial charge < -0.3 is 28.8 Å². The van der Waals surface area contributed by atoms with E-state index in [0.29, 0.717) is 17.4 Å². The standard InChI is InChI=1S/C60H103N2O6P/c1-6-8-10-12-14-16-18-20-22-24-26-28-29-30-31-32-33-34-36-38-40-42-44-46-48-50-52-54-60(64)61-58(57-68-69(65,66)67-56-55-62(3,4)5)59(63)53-51-49-47-45-43-41-39-37-35-27-25-23-21-19-17-15-13-11-9-7-2/h8,10,14,16,20,22,26,28,30-31,33-35,37-38,40,43,45,51,53,58-59,63H,6-7,9,11-13,15,17-19,21,23-25,27,29,32,36,39,41-42,44,46-50,52,54-57H2,1-5H3,(H-,61,64,65,66)/b10-8-,16-14-,22-20-,28-26-,31-30-,34-33-,37-35+,40-38-,45-43+,53-51+. The highest BCUT2D eigenvalue weighted by Crippen LogP contribution is 2.38. The van der Waals surface area contributed by atoms with E-state index >= 15 is 0 Å². The van der Waals surface area contributed by atoms with Crippen LogP contribution in [-0.2, 0) is 18.4 Å². The zero-order valence-electron chi connectivity index (χ0n) is 44.7. The van der Waals surface area contributed by atoms with Crippen LogP contribution >= 0.6 is 7.82 Å². The lowest BCUT2D eigenvalue weighted by molar-refractivity contribution is -0.870. The summed E-state index contributed by atoms with van der Waals surface area (Å²) in [5.41, 5.74) is 0. The van der Waals surface area contributed by atoms with E-state index in [1.54, 1.807) is 6.08 Å². The molecule has 0 aromatic heterocycles. The van der Waals surface area contributed by atoms with Gasteiger partial charge in [-0.15, -0.1) is 0 Å². The molecular weight excluding hydrogens is 876 g/mol. The van der Waals surface area contributed by atoms with Gasteiger partial charge >= 0.3 is 0 Å². The molecule has 8 nitrogen and oxygen atoms in total. The molecule has 0 rings (SSSR count). The number of amides is 1. The number of unbranched alkanes of at least 4 members (excludes halogenated alkanes) is 17. The number of aliphatic hydroxyl groups excluding tert-OH is 1. The summed E-state index contributed by atoms with van der Waals surface area (Å²) >= 11 is 0. The molecule has 0 radical (unpaired) electrons. The SMILES string of the molecule is CC/C=C\C/C=C\C/C=C\C/C=C\C/C=C\C/C=C\C/C=C\CCCCCCCC(=O)NC(COP(=O)([O-])OCC[N+](C)(C)C)C(O)/C=C/CC/C=C/CC/C=C/CCCCCCCCCCCC. The molecule has 9 heteroatoms. The van der Waals surface area contributed by atoms with Crippen molar-refractivity contribution in [3.8, 4) is 0 Å². The Morgan fingerprint density at radius 3 is 1.35 bits per heavy atom. The summed E-state index contributed by atoms with van der Waals surface area (Å²) in [6.07, 6.45) is 74.1. The van der Waals surface area contributed by atoms with E-state index < -0.39 is 26.6 Å². The molecular formula is C60H103N2O6P. The number of likely N-dealkylation sites (N-methyl/N-ethyl adjacent to an activating group) is 1. The van der Waals surface area contributed by atoms with Gasteiger partial charge in [-0.3, -0.25) is 9.36 Å². The van der Waals surface area contributed by atoms with Gasteiger partial charge in [0.2, 0.25) is 5.91 Å². The second-order valence-electron chi connectivity index (χ2n) is 19.2. The van der Waals surface area contributed by atoms with E-state index in [0.717, 1.165) is 109 Å². The summed E-state index contributed by atoms with van der Waals surface area (Å²) in [6, 6.07) is -0.930. The van der Waals surface area contributed by atoms with E-state index in [1.165, 1.54) is 70.6 Å². The number of aliphatic hydroxyl groups is 1. The first-order chi connectivity index (χ1) is 33.5. The molecule has 3 atom stereocenters. The zero-order valence-corrected chi connectivity index (χ0v) is 45.6. The van der Waals surface area contributed by atoms with Crippen LogP contribution in [0, 0.1) is 0 Å². The van der Waals surface area contributed by atoms with E-state index in [1.807, 2.05) is 27.2 Å². The average Bonchev–Trinajstić information content (AvgIpc) is 3.31. The van der Waals surface area contributed by atoms with Crippen LogP contribution in [0.3, 0.4) is 0 Å². The van der Waals surface area contributed by atoms with Crippen molar-refractivity contribution < 1.29 is 32.9 Å². The van der Waals surface area contributed by atoms with Gasteiger partial charge in [0.25, 0.3) is 7.82 Å². The minimum absolute atomic E-state index is 0.0203. The normalized spacial score (nSPS) is 14.9. The minimum Gasteiger partial charge on any atom is -0.756 e. The topological polar surface area (TPSA) is 108 Å². The molecule has 2 N–H and O–H groups in total. The number of allylic oxidation sites excluding steroid dienone is 19. The quantitative estimate of drug-likeness (QED) is 0.0272. The van der Waals surface area contributed by atoms with Crippen molar-refractivity contribution in [1.82, 2.24) is 5.32 Å². The molecule has 0 aromatic rings. The maximum absolute atomic E-state index is 12.9. The van der Waals surface area contributed by atoms with Crippen molar-refractivity contribution in [2.24, 2.45) is 0 Å². The third-order valence-electron chi connectivity index (χ3n) is 11.4. The van der Waals surface area contributed by atoms with Gasteiger partial charge in [0.05, 0.1) is 39.9 Å². The van der Waals surface area contributed by atoms with Crippen LogP contribution < -0.4 is 10.2 Å². The number of phosphoric acid groups is 1. The fourth-order valence-electron chi connectivity index (χ4n) is 7.10. The number of hydrogen-bond acceptors (Lipinski definition) is 6. The zero-order chi connectivity index (χ0) is 50.6. The maximum atomic E-state index is 12.9. The molecule has 394 valence electrons. The minimum atomic E-state index is -4.62. The number of nitrogens with one attached hydrogen (secondary N) is 1. The van der Waals surface area contributed by atoms with Crippen LogP contribution in [0.1, 0.15) is 200 Å². The molecule has 0 saturated carbocycles. The maximum Gasteiger partial charge on any atom is 0.268 e. The lowest BCUT2D eigenvalue weighted by Gasteiger charge is -2.29. The first kappa shape index (κ1) is 65.9. The van der Waals surface area contributed by atoms with Crippen LogP contribution in [0.2, 0.25) is 0 Å². The van der Waals surface area contributed by atoms with Crippen LogP contribution in [-0.4, -0.2) is 68.5 Å². The average molecular weight is 979 g/mol. The van der Waals surface area contributed by atoms with Gasteiger partial charge in [0.15, 0.2) is 0 Å². The smallest absolute Gasteiger partial charge is 0.268 e. The van der Waals surface area contributed by atoms with Gasteiger partial charge in [-0.25, -0.2) is 0 Å². The molecule has 0 aliphatic rings. The van der Waals surface area contributed by atoms with Crippen molar-refractivity contribution in [2.75, 3.05) is 40.9 Å². The summed E-state index contributed by atoms with van der Waals surface area (Å²) in [5, 5.41) is 13.8. The highest BCUT2D eigenvalue weighted by molar-refractivity contribution is 7.45. The Hall–Kier alpha value is -3.10. The molecule has 0 aromatic carbocycles. The van der Waals surface area contributed by atoms with Gasteiger partial charge in [-0.1, -0.05) is 212 Å². The Kier molecular flexibility index (Phi) is 47.6. The van der Waals surface area contributed by atoms with Gasteiger partial charge in [0, 0.05) is 6.42 Å². The van der Waals surface area contributed by atoms with Crippen LogP contribution in [0.15, 0.2) is 122 Å². The fraction of sp³-hybridized carbons (Fsp3) is 0.650. The molecule has 0 bridgehead atoms. The second kappa shape index (κ2) is 49.9.